The Morgan fingerprint density at radius 2 is 2.24 bits per heavy atom. The first-order valence-corrected chi connectivity index (χ1v) is 4.96. The lowest BCUT2D eigenvalue weighted by molar-refractivity contribution is 0.100. The van der Waals surface area contributed by atoms with Crippen molar-refractivity contribution in [2.75, 3.05) is 0 Å². The number of nitrogens with zero attached hydrogens (tertiary/aromatic N) is 3. The maximum absolute atomic E-state index is 11.1. The summed E-state index contributed by atoms with van der Waals surface area (Å²) in [4.78, 5) is 15.2. The van der Waals surface area contributed by atoms with Crippen molar-refractivity contribution in [3.63, 3.8) is 0 Å². The molecule has 0 atom stereocenters. The van der Waals surface area contributed by atoms with Crippen LogP contribution in [0.2, 0.25) is 0 Å². The minimum atomic E-state index is -0.162. The summed E-state index contributed by atoms with van der Waals surface area (Å²) in [5.74, 6) is 0.258. The number of hydrogen-bond acceptors (Lipinski definition) is 5. The zero-order valence-electron chi connectivity index (χ0n) is 9.39. The summed E-state index contributed by atoms with van der Waals surface area (Å²) >= 11 is 0. The Morgan fingerprint density at radius 1 is 1.47 bits per heavy atom. The minimum Gasteiger partial charge on any atom is -0.354 e. The Bertz CT molecular complexity index is 623. The summed E-state index contributed by atoms with van der Waals surface area (Å²) in [6.07, 6.45) is 1.47. The Balaban J connectivity index is 2.43. The number of hydrogen-bond donors (Lipinski definition) is 0. The van der Waals surface area contributed by atoms with Crippen molar-refractivity contribution in [3.8, 4) is 17.5 Å². The Hall–Kier alpha value is -2.48. The van der Waals surface area contributed by atoms with E-state index in [0.717, 1.165) is 5.56 Å². The van der Waals surface area contributed by atoms with E-state index in [0.29, 0.717) is 17.0 Å². The highest BCUT2D eigenvalue weighted by atomic mass is 16.5. The third-order valence-electron chi connectivity index (χ3n) is 2.35. The first-order valence-electron chi connectivity index (χ1n) is 4.96. The van der Waals surface area contributed by atoms with Crippen molar-refractivity contribution in [1.82, 2.24) is 10.1 Å². The van der Waals surface area contributed by atoms with Gasteiger partial charge in [0.25, 0.3) is 0 Å². The molecule has 17 heavy (non-hydrogen) atoms. The van der Waals surface area contributed by atoms with Crippen molar-refractivity contribution in [1.29, 1.82) is 5.26 Å². The Labute approximate surface area is 97.7 Å². The van der Waals surface area contributed by atoms with E-state index in [1.165, 1.54) is 19.2 Å². The summed E-state index contributed by atoms with van der Waals surface area (Å²) in [7, 11) is 0. The van der Waals surface area contributed by atoms with Crippen LogP contribution in [0.3, 0.4) is 0 Å². The van der Waals surface area contributed by atoms with Gasteiger partial charge in [-0.15, -0.1) is 0 Å². The van der Waals surface area contributed by atoms with Crippen LogP contribution in [-0.2, 0) is 0 Å². The number of carbonyl (C=O) groups excluding carboxylic acids is 1. The molecule has 0 amide bonds. The Morgan fingerprint density at radius 3 is 2.76 bits per heavy atom. The van der Waals surface area contributed by atoms with E-state index in [-0.39, 0.29) is 11.5 Å². The molecule has 0 aromatic carbocycles. The number of aromatic nitrogens is 2. The van der Waals surface area contributed by atoms with Gasteiger partial charge in [-0.2, -0.15) is 5.26 Å². The van der Waals surface area contributed by atoms with Crippen molar-refractivity contribution in [2.45, 2.75) is 13.8 Å². The number of carbonyl (C=O) groups is 1. The second-order valence-electron chi connectivity index (χ2n) is 3.63. The first-order chi connectivity index (χ1) is 8.11. The molecule has 0 unspecified atom stereocenters. The molecule has 0 N–H and O–H groups in total. The minimum absolute atomic E-state index is 0.162. The predicted molar refractivity (Wildman–Crippen MR) is 59.2 cm³/mol. The maximum Gasteiger partial charge on any atom is 0.185 e. The van der Waals surface area contributed by atoms with Gasteiger partial charge in [-0.1, -0.05) is 5.16 Å². The largest absolute Gasteiger partial charge is 0.354 e. The molecule has 2 aromatic heterocycles. The molecule has 2 aromatic rings. The molecule has 2 rings (SSSR count). The molecule has 0 aliphatic heterocycles. The zero-order chi connectivity index (χ0) is 12.4. The van der Waals surface area contributed by atoms with E-state index in [2.05, 4.69) is 10.1 Å². The fourth-order valence-electron chi connectivity index (χ4n) is 1.37. The fourth-order valence-corrected chi connectivity index (χ4v) is 1.37. The number of Topliss-reactive ketones (excluding diaryl/α,β-unsaturated/α-hetero) is 1. The molecular weight excluding hydrogens is 218 g/mol. The topological polar surface area (TPSA) is 79.8 Å². The van der Waals surface area contributed by atoms with E-state index in [9.17, 15) is 4.79 Å². The average molecular weight is 227 g/mol. The average Bonchev–Trinajstić information content (AvgIpc) is 2.78. The third-order valence-corrected chi connectivity index (χ3v) is 2.35. The van der Waals surface area contributed by atoms with Gasteiger partial charge in [0.05, 0.1) is 5.56 Å². The highest BCUT2D eigenvalue weighted by Crippen LogP contribution is 2.20. The van der Waals surface area contributed by atoms with Gasteiger partial charge in [0.2, 0.25) is 0 Å². The molecule has 0 bridgehead atoms. The van der Waals surface area contributed by atoms with Gasteiger partial charge >= 0.3 is 0 Å². The van der Waals surface area contributed by atoms with Gasteiger partial charge in [-0.05, 0) is 18.6 Å². The van der Waals surface area contributed by atoms with Crippen LogP contribution in [0.15, 0.2) is 22.9 Å². The van der Waals surface area contributed by atoms with Gasteiger partial charge in [0.15, 0.2) is 11.5 Å². The lowest BCUT2D eigenvalue weighted by Crippen LogP contribution is -1.90. The maximum atomic E-state index is 11.1. The molecule has 0 spiro atoms. The lowest BCUT2D eigenvalue weighted by Gasteiger charge is -1.98. The SMILES string of the molecule is CC(=O)c1cc(-c2cc(C)c(C#N)cn2)on1. The quantitative estimate of drug-likeness (QED) is 0.734. The first kappa shape index (κ1) is 11.0. The molecule has 84 valence electrons. The van der Waals surface area contributed by atoms with E-state index in [4.69, 9.17) is 9.78 Å². The van der Waals surface area contributed by atoms with Crippen LogP contribution >= 0.6 is 0 Å². The van der Waals surface area contributed by atoms with E-state index < -0.39 is 0 Å². The van der Waals surface area contributed by atoms with E-state index >= 15 is 0 Å². The molecular formula is C12H9N3O2. The zero-order valence-corrected chi connectivity index (χ0v) is 9.39. The molecule has 0 fully saturated rings. The molecule has 5 heteroatoms. The normalized spacial score (nSPS) is 9.94. The molecule has 5 nitrogen and oxygen atoms in total. The molecule has 0 saturated carbocycles. The summed E-state index contributed by atoms with van der Waals surface area (Å²) in [6, 6.07) is 5.30. The smallest absolute Gasteiger partial charge is 0.185 e. The lowest BCUT2D eigenvalue weighted by atomic mass is 10.1. The molecule has 0 radical (unpaired) electrons. The number of nitriles is 1. The number of aryl methyl sites for hydroxylation is 1. The molecule has 0 saturated heterocycles. The van der Waals surface area contributed by atoms with Crippen LogP contribution in [0.25, 0.3) is 11.5 Å². The summed E-state index contributed by atoms with van der Waals surface area (Å²) in [6.45, 7) is 3.23. The van der Waals surface area contributed by atoms with Crippen molar-refractivity contribution < 1.29 is 9.32 Å². The van der Waals surface area contributed by atoms with Crippen LogP contribution in [0, 0.1) is 18.3 Å². The second kappa shape index (κ2) is 4.18. The van der Waals surface area contributed by atoms with Gasteiger partial charge in [0, 0.05) is 19.2 Å². The molecule has 0 aliphatic rings. The highest BCUT2D eigenvalue weighted by Gasteiger charge is 2.11. The van der Waals surface area contributed by atoms with Gasteiger partial charge in [-0.3, -0.25) is 9.78 Å². The summed E-state index contributed by atoms with van der Waals surface area (Å²) in [5.41, 5.74) is 2.14. The van der Waals surface area contributed by atoms with Crippen molar-refractivity contribution >= 4 is 5.78 Å². The van der Waals surface area contributed by atoms with Crippen LogP contribution in [0.5, 0.6) is 0 Å². The summed E-state index contributed by atoms with van der Waals surface area (Å²) < 4.78 is 5.02. The number of pyridine rings is 1. The van der Waals surface area contributed by atoms with E-state index in [1.54, 1.807) is 6.07 Å². The van der Waals surface area contributed by atoms with Gasteiger partial charge in [0.1, 0.15) is 17.5 Å². The monoisotopic (exact) mass is 227 g/mol. The van der Waals surface area contributed by atoms with Gasteiger partial charge in [-0.25, -0.2) is 0 Å². The standard InChI is InChI=1S/C12H9N3O2/c1-7-3-11(14-6-9(7)5-13)12-4-10(8(2)16)15-17-12/h3-4,6H,1-2H3. The predicted octanol–water partition coefficient (Wildman–Crippen LogP) is 2.12. The number of rotatable bonds is 2. The van der Waals surface area contributed by atoms with Gasteiger partial charge < -0.3 is 4.52 Å². The molecule has 0 aliphatic carbocycles. The second-order valence-corrected chi connectivity index (χ2v) is 3.63. The Kier molecular flexibility index (Phi) is 2.71. The van der Waals surface area contributed by atoms with Crippen LogP contribution < -0.4 is 0 Å². The highest BCUT2D eigenvalue weighted by molar-refractivity contribution is 5.92. The third kappa shape index (κ3) is 2.06. The van der Waals surface area contributed by atoms with Crippen LogP contribution in [0.1, 0.15) is 28.5 Å². The number of ketones is 1. The van der Waals surface area contributed by atoms with Crippen LogP contribution in [-0.4, -0.2) is 15.9 Å². The van der Waals surface area contributed by atoms with Crippen LogP contribution in [0.4, 0.5) is 0 Å². The van der Waals surface area contributed by atoms with Crippen molar-refractivity contribution in [3.05, 3.63) is 35.2 Å². The van der Waals surface area contributed by atoms with Crippen molar-refractivity contribution in [2.24, 2.45) is 0 Å². The van der Waals surface area contributed by atoms with E-state index in [1.807, 2.05) is 13.0 Å². The summed E-state index contributed by atoms with van der Waals surface area (Å²) in [5, 5.41) is 12.4. The fraction of sp³-hybridized carbons (Fsp3) is 0.167. The molecule has 2 heterocycles.